The van der Waals surface area contributed by atoms with E-state index in [1.165, 1.54) is 11.6 Å². The molecule has 0 aromatic heterocycles. The van der Waals surface area contributed by atoms with E-state index in [1.54, 1.807) is 24.9 Å². The second kappa shape index (κ2) is 10.1. The summed E-state index contributed by atoms with van der Waals surface area (Å²) in [6.45, 7) is 0.625. The van der Waals surface area contributed by atoms with Gasteiger partial charge in [-0.25, -0.2) is 0 Å². The minimum Gasteiger partial charge on any atom is -0.496 e. The molecule has 0 unspecified atom stereocenters. The number of nitrogens with one attached hydrogen (secondary N) is 1. The van der Waals surface area contributed by atoms with E-state index in [0.29, 0.717) is 6.54 Å². The monoisotopic (exact) mass is 361 g/mol. The highest BCUT2D eigenvalue weighted by Gasteiger charge is 2.00. The lowest BCUT2D eigenvalue weighted by Gasteiger charge is -2.05. The first-order valence-corrected chi connectivity index (χ1v) is 9.13. The van der Waals surface area contributed by atoms with Crippen molar-refractivity contribution >= 4 is 35.3 Å². The number of amides is 1. The molecule has 24 heavy (non-hydrogen) atoms. The van der Waals surface area contributed by atoms with Crippen LogP contribution in [0.25, 0.3) is 6.08 Å². The molecule has 3 nitrogen and oxygen atoms in total. The number of benzene rings is 2. The zero-order valence-corrected chi connectivity index (χ0v) is 15.1. The molecule has 1 N–H and O–H groups in total. The van der Waals surface area contributed by atoms with E-state index >= 15 is 0 Å². The van der Waals surface area contributed by atoms with Crippen molar-refractivity contribution in [2.24, 2.45) is 0 Å². The van der Waals surface area contributed by atoms with Crippen LogP contribution in [0.4, 0.5) is 0 Å². The Bertz CT molecular complexity index is 703. The number of methoxy groups -OCH3 is 1. The lowest BCUT2D eigenvalue weighted by Crippen LogP contribution is -2.23. The topological polar surface area (TPSA) is 38.3 Å². The molecule has 5 heteroatoms. The van der Waals surface area contributed by atoms with Crippen molar-refractivity contribution < 1.29 is 9.53 Å². The number of carbonyl (C=O) groups is 1. The van der Waals surface area contributed by atoms with Gasteiger partial charge in [-0.1, -0.05) is 41.9 Å². The molecule has 2 rings (SSSR count). The Balaban J connectivity index is 1.69. The zero-order valence-electron chi connectivity index (χ0n) is 13.5. The smallest absolute Gasteiger partial charge is 0.244 e. The number of carbonyl (C=O) groups excluding carboxylic acids is 1. The molecule has 0 radical (unpaired) electrons. The highest BCUT2D eigenvalue weighted by molar-refractivity contribution is 7.98. The van der Waals surface area contributed by atoms with Crippen LogP contribution in [0.2, 0.25) is 5.02 Å². The van der Waals surface area contributed by atoms with Crippen LogP contribution in [0.15, 0.2) is 54.6 Å². The average molecular weight is 362 g/mol. The molecule has 0 aliphatic carbocycles. The number of hydrogen-bond donors (Lipinski definition) is 1. The van der Waals surface area contributed by atoms with Crippen molar-refractivity contribution in [3.8, 4) is 5.75 Å². The van der Waals surface area contributed by atoms with E-state index in [0.717, 1.165) is 27.8 Å². The standard InChI is InChI=1S/C19H20ClNO2S/c1-23-18-8-3-2-6-16(18)9-10-19(22)21-11-12-24-14-15-5-4-7-17(20)13-15/h2-10,13H,11-12,14H2,1H3,(H,21,22)/b10-9+. The molecule has 0 atom stereocenters. The predicted octanol–water partition coefficient (Wildman–Crippen LogP) is 4.41. The minimum atomic E-state index is -0.107. The summed E-state index contributed by atoms with van der Waals surface area (Å²) in [5, 5.41) is 3.63. The molecule has 0 fully saturated rings. The van der Waals surface area contributed by atoms with Crippen molar-refractivity contribution in [3.63, 3.8) is 0 Å². The van der Waals surface area contributed by atoms with Gasteiger partial charge in [0.05, 0.1) is 7.11 Å². The predicted molar refractivity (Wildman–Crippen MR) is 103 cm³/mol. The fraction of sp³-hybridized carbons (Fsp3) is 0.211. The normalized spacial score (nSPS) is 10.8. The molecular weight excluding hydrogens is 342 g/mol. The molecular formula is C19H20ClNO2S. The summed E-state index contributed by atoms with van der Waals surface area (Å²) in [6, 6.07) is 15.4. The van der Waals surface area contributed by atoms with Crippen LogP contribution in [0.1, 0.15) is 11.1 Å². The molecule has 2 aromatic rings. The third kappa shape index (κ3) is 6.30. The van der Waals surface area contributed by atoms with Crippen molar-refractivity contribution in [2.75, 3.05) is 19.4 Å². The van der Waals surface area contributed by atoms with Crippen LogP contribution in [0, 0.1) is 0 Å². The molecule has 0 aliphatic rings. The van der Waals surface area contributed by atoms with E-state index in [1.807, 2.05) is 48.5 Å². The third-order valence-corrected chi connectivity index (χ3v) is 4.52. The fourth-order valence-corrected chi connectivity index (χ4v) is 3.11. The maximum absolute atomic E-state index is 11.8. The molecule has 0 aliphatic heterocycles. The van der Waals surface area contributed by atoms with Gasteiger partial charge in [0.1, 0.15) is 5.75 Å². The van der Waals surface area contributed by atoms with E-state index in [9.17, 15) is 4.79 Å². The largest absolute Gasteiger partial charge is 0.496 e. The minimum absolute atomic E-state index is 0.107. The summed E-state index contributed by atoms with van der Waals surface area (Å²) in [5.74, 6) is 2.37. The van der Waals surface area contributed by atoms with Gasteiger partial charge in [-0.2, -0.15) is 11.8 Å². The van der Waals surface area contributed by atoms with Gasteiger partial charge < -0.3 is 10.1 Å². The number of halogens is 1. The first kappa shape index (κ1) is 18.4. The van der Waals surface area contributed by atoms with Crippen molar-refractivity contribution in [1.82, 2.24) is 5.32 Å². The number of ether oxygens (including phenoxy) is 1. The molecule has 2 aromatic carbocycles. The van der Waals surface area contributed by atoms with E-state index < -0.39 is 0 Å². The van der Waals surface area contributed by atoms with E-state index in [2.05, 4.69) is 5.32 Å². The lowest BCUT2D eigenvalue weighted by atomic mass is 10.2. The zero-order chi connectivity index (χ0) is 17.2. The van der Waals surface area contributed by atoms with Crippen molar-refractivity contribution in [1.29, 1.82) is 0 Å². The van der Waals surface area contributed by atoms with E-state index in [-0.39, 0.29) is 5.91 Å². The number of hydrogen-bond acceptors (Lipinski definition) is 3. The first-order chi connectivity index (χ1) is 11.7. The van der Waals surface area contributed by atoms with Crippen LogP contribution in [0.5, 0.6) is 5.75 Å². The second-order valence-corrected chi connectivity index (χ2v) is 6.59. The Morgan fingerprint density at radius 1 is 1.25 bits per heavy atom. The van der Waals surface area contributed by atoms with Crippen LogP contribution in [-0.4, -0.2) is 25.3 Å². The van der Waals surface area contributed by atoms with E-state index in [4.69, 9.17) is 16.3 Å². The first-order valence-electron chi connectivity index (χ1n) is 7.60. The van der Waals surface area contributed by atoms with Gasteiger partial charge in [0.2, 0.25) is 5.91 Å². The molecule has 0 bridgehead atoms. The SMILES string of the molecule is COc1ccccc1/C=C/C(=O)NCCSCc1cccc(Cl)c1. The Morgan fingerprint density at radius 3 is 2.88 bits per heavy atom. The van der Waals surface area contributed by atoms with Crippen molar-refractivity contribution in [2.45, 2.75) is 5.75 Å². The molecule has 0 spiro atoms. The fourth-order valence-electron chi connectivity index (χ4n) is 2.09. The van der Waals surface area contributed by atoms with Gasteiger partial charge in [-0.3, -0.25) is 4.79 Å². The Labute approximate surface area is 152 Å². The van der Waals surface area contributed by atoms with Gasteiger partial charge in [0.15, 0.2) is 0 Å². The Morgan fingerprint density at radius 2 is 2.08 bits per heavy atom. The highest BCUT2D eigenvalue weighted by Crippen LogP contribution is 2.18. The van der Waals surface area contributed by atoms with Gasteiger partial charge >= 0.3 is 0 Å². The van der Waals surface area contributed by atoms with Gasteiger partial charge in [-0.05, 0) is 29.8 Å². The maximum Gasteiger partial charge on any atom is 0.244 e. The summed E-state index contributed by atoms with van der Waals surface area (Å²) in [5.41, 5.74) is 2.07. The van der Waals surface area contributed by atoms with Crippen LogP contribution < -0.4 is 10.1 Å². The Hall–Kier alpha value is -1.91. The summed E-state index contributed by atoms with van der Waals surface area (Å²) >= 11 is 7.71. The molecule has 126 valence electrons. The van der Waals surface area contributed by atoms with Gasteiger partial charge in [-0.15, -0.1) is 0 Å². The van der Waals surface area contributed by atoms with Gasteiger partial charge in [0.25, 0.3) is 0 Å². The third-order valence-electron chi connectivity index (χ3n) is 3.26. The van der Waals surface area contributed by atoms with Gasteiger partial charge in [0, 0.05) is 34.7 Å². The second-order valence-electron chi connectivity index (χ2n) is 5.05. The van der Waals surface area contributed by atoms with Crippen molar-refractivity contribution in [3.05, 3.63) is 70.8 Å². The highest BCUT2D eigenvalue weighted by atomic mass is 35.5. The molecule has 1 amide bonds. The molecule has 0 saturated heterocycles. The maximum atomic E-state index is 11.8. The summed E-state index contributed by atoms with van der Waals surface area (Å²) in [6.07, 6.45) is 3.28. The Kier molecular flexibility index (Phi) is 7.72. The van der Waals surface area contributed by atoms with Crippen LogP contribution >= 0.6 is 23.4 Å². The number of rotatable bonds is 8. The lowest BCUT2D eigenvalue weighted by molar-refractivity contribution is -0.116. The average Bonchev–Trinajstić information content (AvgIpc) is 2.60. The van der Waals surface area contributed by atoms with Crippen LogP contribution in [-0.2, 0) is 10.5 Å². The summed E-state index contributed by atoms with van der Waals surface area (Å²) in [4.78, 5) is 11.8. The summed E-state index contributed by atoms with van der Waals surface area (Å²) < 4.78 is 5.25. The number of para-hydroxylation sites is 1. The quantitative estimate of drug-likeness (QED) is 0.559. The molecule has 0 heterocycles. The van der Waals surface area contributed by atoms with Crippen LogP contribution in [0.3, 0.4) is 0 Å². The molecule has 0 saturated carbocycles. The summed E-state index contributed by atoms with van der Waals surface area (Å²) in [7, 11) is 1.61. The number of thioether (sulfide) groups is 1.